The van der Waals surface area contributed by atoms with Gasteiger partial charge in [0.15, 0.2) is 0 Å². The van der Waals surface area contributed by atoms with Crippen LogP contribution in [0.15, 0.2) is 6.07 Å². The highest BCUT2D eigenvalue weighted by Crippen LogP contribution is 2.52. The van der Waals surface area contributed by atoms with E-state index in [1.54, 1.807) is 4.90 Å². The van der Waals surface area contributed by atoms with E-state index in [2.05, 4.69) is 5.10 Å². The van der Waals surface area contributed by atoms with Crippen molar-refractivity contribution in [3.05, 3.63) is 17.5 Å². The van der Waals surface area contributed by atoms with E-state index in [0.717, 1.165) is 43.1 Å². The van der Waals surface area contributed by atoms with Gasteiger partial charge in [0, 0.05) is 25.6 Å². The lowest BCUT2D eigenvalue weighted by Crippen LogP contribution is -2.61. The molecule has 1 saturated carbocycles. The van der Waals surface area contributed by atoms with Crippen LogP contribution in [0.5, 0.6) is 0 Å². The number of nitrogens with zero attached hydrogens (tertiary/aromatic N) is 3. The number of carbonyl (C=O) groups is 1. The number of aryl methyl sites for hydroxylation is 1. The van der Waals surface area contributed by atoms with Gasteiger partial charge in [-0.15, -0.1) is 0 Å². The lowest BCUT2D eigenvalue weighted by Gasteiger charge is -2.58. The van der Waals surface area contributed by atoms with Crippen LogP contribution in [-0.4, -0.2) is 34.2 Å². The van der Waals surface area contributed by atoms with Crippen LogP contribution in [0.2, 0.25) is 0 Å². The zero-order valence-electron chi connectivity index (χ0n) is 11.2. The maximum Gasteiger partial charge on any atom is 0.433 e. The smallest absolute Gasteiger partial charge is 0.344 e. The van der Waals surface area contributed by atoms with Crippen LogP contribution in [0.3, 0.4) is 0 Å². The molecule has 20 heavy (non-hydrogen) atoms. The normalized spacial score (nSPS) is 21.7. The number of halogens is 3. The molecule has 1 aliphatic heterocycles. The van der Waals surface area contributed by atoms with Crippen molar-refractivity contribution < 1.29 is 18.0 Å². The lowest BCUT2D eigenvalue weighted by molar-refractivity contribution is -0.143. The van der Waals surface area contributed by atoms with Crippen molar-refractivity contribution in [3.63, 3.8) is 0 Å². The van der Waals surface area contributed by atoms with Gasteiger partial charge in [0.25, 0.3) is 0 Å². The van der Waals surface area contributed by atoms with E-state index in [9.17, 15) is 18.0 Å². The molecule has 3 rings (SSSR count). The van der Waals surface area contributed by atoms with Crippen molar-refractivity contribution >= 4 is 6.41 Å². The van der Waals surface area contributed by atoms with Gasteiger partial charge in [-0.25, -0.2) is 0 Å². The van der Waals surface area contributed by atoms with Crippen molar-refractivity contribution in [2.24, 2.45) is 18.4 Å². The summed E-state index contributed by atoms with van der Waals surface area (Å²) in [4.78, 5) is 12.3. The van der Waals surface area contributed by atoms with Crippen molar-refractivity contribution in [1.29, 1.82) is 0 Å². The molecule has 1 aromatic heterocycles. The summed E-state index contributed by atoms with van der Waals surface area (Å²) < 4.78 is 38.9. The molecule has 1 spiro atoms. The molecule has 1 amide bonds. The molecule has 2 fully saturated rings. The maximum absolute atomic E-state index is 12.7. The third-order valence-electron chi connectivity index (χ3n) is 4.39. The molecular weight excluding hydrogens is 271 g/mol. The highest BCUT2D eigenvalue weighted by atomic mass is 19.4. The average molecular weight is 287 g/mol. The second-order valence-corrected chi connectivity index (χ2v) is 6.13. The third-order valence-corrected chi connectivity index (χ3v) is 4.39. The van der Waals surface area contributed by atoms with E-state index < -0.39 is 11.9 Å². The predicted octanol–water partition coefficient (Wildman–Crippen LogP) is 1.85. The summed E-state index contributed by atoms with van der Waals surface area (Å²) in [7, 11) is 1.32. The zero-order chi connectivity index (χ0) is 14.5. The first-order valence-corrected chi connectivity index (χ1v) is 6.61. The SMILES string of the molecule is Cn1nc(CC2CC3(C2)CN(C=O)C3)cc1C(F)(F)F. The lowest BCUT2D eigenvalue weighted by atomic mass is 9.57. The monoisotopic (exact) mass is 287 g/mol. The molecule has 0 radical (unpaired) electrons. The van der Waals surface area contributed by atoms with E-state index in [4.69, 9.17) is 0 Å². The summed E-state index contributed by atoms with van der Waals surface area (Å²) >= 11 is 0. The number of alkyl halides is 3. The van der Waals surface area contributed by atoms with E-state index in [-0.39, 0.29) is 5.41 Å². The number of rotatable bonds is 3. The maximum atomic E-state index is 12.7. The van der Waals surface area contributed by atoms with Gasteiger partial charge in [-0.2, -0.15) is 18.3 Å². The molecule has 1 saturated heterocycles. The molecule has 1 aliphatic carbocycles. The molecule has 0 bridgehead atoms. The summed E-state index contributed by atoms with van der Waals surface area (Å²) in [5.74, 6) is 0.389. The standard InChI is InChI=1S/C13H16F3N3O/c1-18-11(13(14,15)16)3-10(17-18)2-9-4-12(5-9)6-19(7-12)8-20/h3,8-9H,2,4-7H2,1H3. The van der Waals surface area contributed by atoms with Crippen LogP contribution < -0.4 is 0 Å². The Morgan fingerprint density at radius 1 is 1.45 bits per heavy atom. The van der Waals surface area contributed by atoms with Crippen LogP contribution in [0, 0.1) is 11.3 Å². The highest BCUT2D eigenvalue weighted by molar-refractivity contribution is 5.49. The highest BCUT2D eigenvalue weighted by Gasteiger charge is 2.51. The number of hydrogen-bond donors (Lipinski definition) is 0. The second-order valence-electron chi connectivity index (χ2n) is 6.13. The molecular formula is C13H16F3N3O. The quantitative estimate of drug-likeness (QED) is 0.796. The molecule has 0 atom stereocenters. The number of aromatic nitrogens is 2. The van der Waals surface area contributed by atoms with Gasteiger partial charge in [-0.3, -0.25) is 9.48 Å². The van der Waals surface area contributed by atoms with E-state index in [0.29, 0.717) is 18.0 Å². The number of likely N-dealkylation sites (tertiary alicyclic amines) is 1. The van der Waals surface area contributed by atoms with E-state index >= 15 is 0 Å². The molecule has 7 heteroatoms. The number of amides is 1. The predicted molar refractivity (Wildman–Crippen MR) is 64.7 cm³/mol. The first-order chi connectivity index (χ1) is 9.31. The Kier molecular flexibility index (Phi) is 2.85. The van der Waals surface area contributed by atoms with E-state index in [1.165, 1.54) is 7.05 Å². The molecule has 110 valence electrons. The zero-order valence-corrected chi connectivity index (χ0v) is 11.2. The first-order valence-electron chi connectivity index (χ1n) is 6.61. The van der Waals surface area contributed by atoms with Gasteiger partial charge in [-0.1, -0.05) is 0 Å². The summed E-state index contributed by atoms with van der Waals surface area (Å²) in [6, 6.07) is 1.14. The molecule has 4 nitrogen and oxygen atoms in total. The second kappa shape index (κ2) is 4.23. The van der Waals surface area contributed by atoms with E-state index in [1.807, 2.05) is 0 Å². The van der Waals surface area contributed by atoms with Gasteiger partial charge in [-0.05, 0) is 31.2 Å². The molecule has 0 unspecified atom stereocenters. The summed E-state index contributed by atoms with van der Waals surface area (Å²) in [5.41, 5.74) is 0.0521. The molecule has 2 aliphatic rings. The Bertz CT molecular complexity index is 523. The third kappa shape index (κ3) is 2.19. The Balaban J connectivity index is 1.57. The Hall–Kier alpha value is -1.53. The minimum atomic E-state index is -4.35. The van der Waals surface area contributed by atoms with Gasteiger partial charge >= 0.3 is 6.18 Å². The molecule has 0 N–H and O–H groups in total. The van der Waals surface area contributed by atoms with Crippen LogP contribution >= 0.6 is 0 Å². The van der Waals surface area contributed by atoms with Crippen LogP contribution in [0.4, 0.5) is 13.2 Å². The summed E-state index contributed by atoms with van der Waals surface area (Å²) in [6.07, 6.45) is -0.941. The van der Waals surface area contributed by atoms with Gasteiger partial charge in [0.05, 0.1) is 5.69 Å². The summed E-state index contributed by atoms with van der Waals surface area (Å²) in [6.45, 7) is 1.59. The molecule has 1 aromatic rings. The van der Waals surface area contributed by atoms with Gasteiger partial charge in [0.2, 0.25) is 6.41 Å². The average Bonchev–Trinajstić information content (AvgIpc) is 2.60. The van der Waals surface area contributed by atoms with Crippen LogP contribution in [0.25, 0.3) is 0 Å². The van der Waals surface area contributed by atoms with Crippen molar-refractivity contribution in [2.75, 3.05) is 13.1 Å². The number of hydrogen-bond acceptors (Lipinski definition) is 2. The van der Waals surface area contributed by atoms with Crippen LogP contribution in [-0.2, 0) is 24.4 Å². The minimum Gasteiger partial charge on any atom is -0.344 e. The molecule has 0 aromatic carbocycles. The van der Waals surface area contributed by atoms with Crippen molar-refractivity contribution in [2.45, 2.75) is 25.4 Å². The fourth-order valence-electron chi connectivity index (χ4n) is 3.64. The Morgan fingerprint density at radius 3 is 2.60 bits per heavy atom. The minimum absolute atomic E-state index is 0.243. The van der Waals surface area contributed by atoms with Crippen LogP contribution in [0.1, 0.15) is 24.2 Å². The fourth-order valence-corrected chi connectivity index (χ4v) is 3.64. The Labute approximate surface area is 114 Å². The van der Waals surface area contributed by atoms with Gasteiger partial charge in [0.1, 0.15) is 5.69 Å². The van der Waals surface area contributed by atoms with Gasteiger partial charge < -0.3 is 4.90 Å². The number of carbonyl (C=O) groups excluding carboxylic acids is 1. The first kappa shape index (κ1) is 13.5. The fraction of sp³-hybridized carbons (Fsp3) is 0.692. The molecule has 2 heterocycles. The Morgan fingerprint density at radius 2 is 2.10 bits per heavy atom. The topological polar surface area (TPSA) is 38.1 Å². The van der Waals surface area contributed by atoms with Crippen molar-refractivity contribution in [3.8, 4) is 0 Å². The largest absolute Gasteiger partial charge is 0.433 e. The summed E-state index contributed by atoms with van der Waals surface area (Å²) in [5, 5.41) is 3.95. The van der Waals surface area contributed by atoms with Crippen molar-refractivity contribution in [1.82, 2.24) is 14.7 Å².